The zero-order valence-electron chi connectivity index (χ0n) is 17.9. The van der Waals surface area contributed by atoms with Gasteiger partial charge in [-0.1, -0.05) is 36.9 Å². The van der Waals surface area contributed by atoms with Crippen molar-refractivity contribution in [3.63, 3.8) is 0 Å². The van der Waals surface area contributed by atoms with Crippen LogP contribution in [0.4, 0.5) is 30.7 Å². The Morgan fingerprint density at radius 2 is 1.60 bits per heavy atom. The van der Waals surface area contributed by atoms with Gasteiger partial charge in [0.1, 0.15) is 0 Å². The molecule has 0 aliphatic carbocycles. The van der Waals surface area contributed by atoms with Crippen LogP contribution in [0.2, 0.25) is 0 Å². The fourth-order valence-corrected chi connectivity index (χ4v) is 2.85. The highest BCUT2D eigenvalue weighted by Gasteiger charge is 2.67. The van der Waals surface area contributed by atoms with Crippen molar-refractivity contribution >= 4 is 22.0 Å². The van der Waals surface area contributed by atoms with Crippen LogP contribution in [-0.4, -0.2) is 54.6 Å². The second-order valence-corrected chi connectivity index (χ2v) is 8.56. The number of carbonyl (C=O) groups excluding carboxylic acids is 2. The van der Waals surface area contributed by atoms with Crippen molar-refractivity contribution in [1.29, 1.82) is 0 Å². The smallest absolute Gasteiger partial charge is 0.412 e. The second-order valence-electron chi connectivity index (χ2n) is 7.10. The average Bonchev–Trinajstić information content (AvgIpc) is 2.72. The first-order valence-corrected chi connectivity index (χ1v) is 10.9. The Hall–Kier alpha value is -2.72. The molecule has 16 heteroatoms. The van der Waals surface area contributed by atoms with E-state index in [0.29, 0.717) is 5.56 Å². The number of hydrogen-bond acceptors (Lipinski definition) is 6. The molecule has 0 heterocycles. The molecule has 1 amide bonds. The van der Waals surface area contributed by atoms with E-state index in [2.05, 4.69) is 16.1 Å². The van der Waals surface area contributed by atoms with E-state index in [-0.39, 0.29) is 0 Å². The predicted octanol–water partition coefficient (Wildman–Crippen LogP) is 3.59. The summed E-state index contributed by atoms with van der Waals surface area (Å²) in [6, 6.07) is 7.42. The van der Waals surface area contributed by atoms with Crippen LogP contribution < -0.4 is 5.32 Å². The van der Waals surface area contributed by atoms with E-state index in [4.69, 9.17) is 4.55 Å². The number of alkyl halides is 7. The monoisotopic (exact) mass is 539 g/mol. The van der Waals surface area contributed by atoms with Gasteiger partial charge in [0, 0.05) is 18.5 Å². The number of rotatable bonds is 12. The number of esters is 1. The van der Waals surface area contributed by atoms with E-state index >= 15 is 0 Å². The maximum Gasteiger partial charge on any atom is 0.466 e. The maximum atomic E-state index is 13.9. The predicted molar refractivity (Wildman–Crippen MR) is 105 cm³/mol. The van der Waals surface area contributed by atoms with Gasteiger partial charge >= 0.3 is 45.1 Å². The Balaban J connectivity index is 3.15. The molecule has 2 N–H and O–H groups in total. The number of hydrogen-bond donors (Lipinski definition) is 2. The van der Waals surface area contributed by atoms with Crippen LogP contribution in [0.25, 0.3) is 0 Å². The lowest BCUT2D eigenvalue weighted by atomic mass is 10.1. The molecular weight excluding hydrogens is 519 g/mol. The molecule has 0 fully saturated rings. The van der Waals surface area contributed by atoms with Crippen molar-refractivity contribution < 1.29 is 62.8 Å². The highest BCUT2D eigenvalue weighted by atomic mass is 32.2. The summed E-state index contributed by atoms with van der Waals surface area (Å²) >= 11 is 0. The third kappa shape index (κ3) is 7.14. The van der Waals surface area contributed by atoms with E-state index in [1.165, 1.54) is 24.3 Å². The molecule has 0 aliphatic rings. The molecule has 0 saturated heterocycles. The third-order valence-electron chi connectivity index (χ3n) is 4.24. The van der Waals surface area contributed by atoms with Gasteiger partial charge < -0.3 is 14.8 Å². The lowest BCUT2D eigenvalue weighted by Crippen LogP contribution is -2.61. The van der Waals surface area contributed by atoms with Crippen LogP contribution in [-0.2, 0) is 35.7 Å². The van der Waals surface area contributed by atoms with Crippen LogP contribution >= 0.6 is 0 Å². The maximum absolute atomic E-state index is 13.9. The van der Waals surface area contributed by atoms with Gasteiger partial charge in [0.15, 0.2) is 0 Å². The first-order chi connectivity index (χ1) is 15.8. The number of halogens is 7. The molecule has 1 rings (SSSR count). The Kier molecular flexibility index (Phi) is 9.45. The van der Waals surface area contributed by atoms with Crippen LogP contribution in [0, 0.1) is 0 Å². The topological polar surface area (TPSA) is 119 Å². The molecule has 0 aliphatic heterocycles. The van der Waals surface area contributed by atoms with Crippen molar-refractivity contribution in [3.8, 4) is 0 Å². The summed E-state index contributed by atoms with van der Waals surface area (Å²) in [5, 5.41) is -4.14. The van der Waals surface area contributed by atoms with Crippen LogP contribution in [0.3, 0.4) is 0 Å². The van der Waals surface area contributed by atoms with Gasteiger partial charge in [-0.25, -0.2) is 4.79 Å². The molecule has 1 aromatic carbocycles. The molecule has 1 unspecified atom stereocenters. The molecule has 8 nitrogen and oxygen atoms in total. The Bertz CT molecular complexity index is 1030. The normalized spacial score (nSPS) is 14.7. The van der Waals surface area contributed by atoms with Gasteiger partial charge in [0.25, 0.3) is 0 Å². The Morgan fingerprint density at radius 1 is 1.06 bits per heavy atom. The fraction of sp³-hybridized carbons (Fsp3) is 0.474. The summed E-state index contributed by atoms with van der Waals surface area (Å²) in [6.45, 7) is 1.96. The third-order valence-corrected chi connectivity index (χ3v) is 5.19. The summed E-state index contributed by atoms with van der Waals surface area (Å²) < 4.78 is 133. The van der Waals surface area contributed by atoms with Gasteiger partial charge in [-0.15, -0.1) is 0 Å². The van der Waals surface area contributed by atoms with Gasteiger partial charge in [-0.2, -0.15) is 39.2 Å². The summed E-state index contributed by atoms with van der Waals surface area (Å²) in [7, 11) is -6.57. The quantitative estimate of drug-likeness (QED) is 0.104. The molecule has 0 radical (unpaired) electrons. The molecule has 198 valence electrons. The van der Waals surface area contributed by atoms with Crippen molar-refractivity contribution in [3.05, 3.63) is 48.0 Å². The molecule has 0 aromatic heterocycles. The second kappa shape index (κ2) is 10.9. The minimum Gasteiger partial charge on any atom is -0.412 e. The van der Waals surface area contributed by atoms with Gasteiger partial charge in [-0.05, 0) is 18.9 Å². The van der Waals surface area contributed by atoms with Crippen molar-refractivity contribution in [2.45, 2.75) is 49.5 Å². The highest BCUT2D eigenvalue weighted by Crippen LogP contribution is 2.42. The summed E-state index contributed by atoms with van der Waals surface area (Å²) in [5.74, 6) is -13.6. The van der Waals surface area contributed by atoms with E-state index in [1.807, 2.05) is 5.32 Å². The Morgan fingerprint density at radius 3 is 2.06 bits per heavy atom. The minimum atomic E-state index is -6.57. The summed E-state index contributed by atoms with van der Waals surface area (Å²) in [4.78, 5) is 24.3. The standard InChI is InChI=1S/C19H20F7NO7S/c1-12(2)14(28)34-17(18(22,23)24,15(29)27-11-13-7-4-3-5-8-13)33-10-6-9-16(20,21)19(25,26)35(30,31)32/h3-5,7-8H,1,6,9-11H2,2H3,(H,27,29)(H,30,31,32). The first-order valence-electron chi connectivity index (χ1n) is 9.43. The first kappa shape index (κ1) is 30.3. The van der Waals surface area contributed by atoms with Crippen LogP contribution in [0.15, 0.2) is 42.5 Å². The number of carbonyl (C=O) groups is 2. The van der Waals surface area contributed by atoms with E-state index < -0.39 is 76.7 Å². The molecule has 0 saturated carbocycles. The van der Waals surface area contributed by atoms with Crippen molar-refractivity contribution in [2.75, 3.05) is 6.61 Å². The van der Waals surface area contributed by atoms with Gasteiger partial charge in [-0.3, -0.25) is 9.35 Å². The fourth-order valence-electron chi connectivity index (χ4n) is 2.37. The summed E-state index contributed by atoms with van der Waals surface area (Å²) in [6.07, 6.45) is -9.26. The largest absolute Gasteiger partial charge is 0.466 e. The van der Waals surface area contributed by atoms with Crippen molar-refractivity contribution in [1.82, 2.24) is 5.32 Å². The molecule has 1 aromatic rings. The Labute approximate surface area is 194 Å². The molecule has 1 atom stereocenters. The molecule has 35 heavy (non-hydrogen) atoms. The van der Waals surface area contributed by atoms with Gasteiger partial charge in [0.05, 0.1) is 6.61 Å². The number of nitrogens with one attached hydrogen (secondary N) is 1. The van der Waals surface area contributed by atoms with E-state index in [0.717, 1.165) is 6.92 Å². The van der Waals surface area contributed by atoms with E-state index in [1.54, 1.807) is 6.07 Å². The van der Waals surface area contributed by atoms with E-state index in [9.17, 15) is 48.7 Å². The highest BCUT2D eigenvalue weighted by molar-refractivity contribution is 7.87. The van der Waals surface area contributed by atoms with Gasteiger partial charge in [0.2, 0.25) is 0 Å². The summed E-state index contributed by atoms with van der Waals surface area (Å²) in [5.41, 5.74) is -0.285. The lowest BCUT2D eigenvalue weighted by Gasteiger charge is -2.33. The number of ether oxygens (including phenoxy) is 2. The van der Waals surface area contributed by atoms with Crippen LogP contribution in [0.5, 0.6) is 0 Å². The molecular formula is C19H20F7NO7S. The zero-order chi connectivity index (χ0) is 27.3. The van der Waals surface area contributed by atoms with Crippen molar-refractivity contribution in [2.24, 2.45) is 0 Å². The number of amides is 1. The van der Waals surface area contributed by atoms with Crippen LogP contribution in [0.1, 0.15) is 25.3 Å². The number of benzene rings is 1. The average molecular weight is 539 g/mol. The lowest BCUT2D eigenvalue weighted by molar-refractivity contribution is -0.347. The molecule has 0 spiro atoms. The SMILES string of the molecule is C=C(C)C(=O)OC(OCCCC(F)(F)C(F)(F)S(=O)(=O)O)(C(=O)NCc1ccccc1)C(F)(F)F. The minimum absolute atomic E-state index is 0.315. The zero-order valence-corrected chi connectivity index (χ0v) is 18.7. The molecule has 0 bridgehead atoms.